The molecule has 0 aromatic heterocycles. The summed E-state index contributed by atoms with van der Waals surface area (Å²) in [7, 11) is 0. The molecule has 1 unspecified atom stereocenters. The number of benzene rings is 2. The summed E-state index contributed by atoms with van der Waals surface area (Å²) in [6.45, 7) is 8.51. The van der Waals surface area contributed by atoms with Gasteiger partial charge in [-0.3, -0.25) is 4.79 Å². The normalized spacial score (nSPS) is 15.4. The molecule has 1 atom stereocenters. The van der Waals surface area contributed by atoms with E-state index in [2.05, 4.69) is 27.8 Å². The summed E-state index contributed by atoms with van der Waals surface area (Å²) in [5.41, 5.74) is 3.16. The Kier molecular flexibility index (Phi) is 7.33. The van der Waals surface area contributed by atoms with E-state index in [9.17, 15) is 9.59 Å². The van der Waals surface area contributed by atoms with Crippen molar-refractivity contribution in [2.24, 2.45) is 5.92 Å². The summed E-state index contributed by atoms with van der Waals surface area (Å²) in [5, 5.41) is 8.64. The SMILES string of the molecule is CCNC(=O)Nc1ccc(N2CCC(C)CC2)c(C(=O)NC(C)c2ccccc2)c1. The van der Waals surface area contributed by atoms with Crippen molar-refractivity contribution in [2.75, 3.05) is 29.9 Å². The van der Waals surface area contributed by atoms with Crippen molar-refractivity contribution in [3.05, 3.63) is 59.7 Å². The van der Waals surface area contributed by atoms with Crippen LogP contribution in [0.2, 0.25) is 0 Å². The fourth-order valence-corrected chi connectivity index (χ4v) is 3.76. The number of rotatable bonds is 6. The zero-order valence-corrected chi connectivity index (χ0v) is 18.1. The van der Waals surface area contributed by atoms with E-state index in [0.29, 0.717) is 23.7 Å². The van der Waals surface area contributed by atoms with Crippen LogP contribution < -0.4 is 20.9 Å². The Morgan fingerprint density at radius 1 is 1.10 bits per heavy atom. The molecule has 30 heavy (non-hydrogen) atoms. The van der Waals surface area contributed by atoms with Gasteiger partial charge in [-0.2, -0.15) is 0 Å². The van der Waals surface area contributed by atoms with Gasteiger partial charge in [-0.25, -0.2) is 4.79 Å². The van der Waals surface area contributed by atoms with Gasteiger partial charge < -0.3 is 20.9 Å². The summed E-state index contributed by atoms with van der Waals surface area (Å²) in [6.07, 6.45) is 2.22. The lowest BCUT2D eigenvalue weighted by atomic mass is 9.97. The Balaban J connectivity index is 1.85. The first-order valence-electron chi connectivity index (χ1n) is 10.8. The maximum Gasteiger partial charge on any atom is 0.319 e. The van der Waals surface area contributed by atoms with E-state index in [1.54, 1.807) is 6.07 Å². The van der Waals surface area contributed by atoms with Gasteiger partial charge in [0.05, 0.1) is 11.6 Å². The monoisotopic (exact) mass is 408 g/mol. The molecule has 6 nitrogen and oxygen atoms in total. The van der Waals surface area contributed by atoms with Gasteiger partial charge in [-0.15, -0.1) is 0 Å². The summed E-state index contributed by atoms with van der Waals surface area (Å²) in [6, 6.07) is 15.1. The van der Waals surface area contributed by atoms with E-state index in [0.717, 1.165) is 37.2 Å². The van der Waals surface area contributed by atoms with Crippen LogP contribution in [-0.2, 0) is 0 Å². The third-order valence-corrected chi connectivity index (χ3v) is 5.61. The lowest BCUT2D eigenvalue weighted by Crippen LogP contribution is -2.35. The number of hydrogen-bond acceptors (Lipinski definition) is 3. The van der Waals surface area contributed by atoms with E-state index in [1.807, 2.05) is 56.3 Å². The van der Waals surface area contributed by atoms with E-state index < -0.39 is 0 Å². The van der Waals surface area contributed by atoms with Crippen LogP contribution in [0.5, 0.6) is 0 Å². The smallest absolute Gasteiger partial charge is 0.319 e. The molecule has 1 aliphatic heterocycles. The van der Waals surface area contributed by atoms with Crippen molar-refractivity contribution in [2.45, 2.75) is 39.7 Å². The molecule has 2 aromatic rings. The predicted octanol–water partition coefficient (Wildman–Crippen LogP) is 4.56. The molecular formula is C24H32N4O2. The average Bonchev–Trinajstić information content (AvgIpc) is 2.75. The quantitative estimate of drug-likeness (QED) is 0.656. The number of urea groups is 1. The highest BCUT2D eigenvalue weighted by atomic mass is 16.2. The lowest BCUT2D eigenvalue weighted by molar-refractivity contribution is 0.0940. The number of hydrogen-bond donors (Lipinski definition) is 3. The molecule has 3 rings (SSSR count). The van der Waals surface area contributed by atoms with Crippen LogP contribution in [0.25, 0.3) is 0 Å². The zero-order chi connectivity index (χ0) is 21.5. The van der Waals surface area contributed by atoms with Crippen LogP contribution in [0.4, 0.5) is 16.2 Å². The zero-order valence-electron chi connectivity index (χ0n) is 18.1. The van der Waals surface area contributed by atoms with E-state index in [-0.39, 0.29) is 18.0 Å². The number of carbonyl (C=O) groups is 2. The molecule has 1 saturated heterocycles. The minimum absolute atomic E-state index is 0.118. The Hall–Kier alpha value is -3.02. The summed E-state index contributed by atoms with van der Waals surface area (Å²) in [4.78, 5) is 27.5. The minimum Gasteiger partial charge on any atom is -0.371 e. The van der Waals surface area contributed by atoms with Crippen LogP contribution in [0, 0.1) is 5.92 Å². The second-order valence-corrected chi connectivity index (χ2v) is 7.99. The number of carbonyl (C=O) groups excluding carboxylic acids is 2. The van der Waals surface area contributed by atoms with Gasteiger partial charge in [0.15, 0.2) is 0 Å². The Labute approximate surface area is 179 Å². The molecule has 1 aliphatic rings. The highest BCUT2D eigenvalue weighted by Gasteiger charge is 2.23. The molecule has 2 aromatic carbocycles. The third kappa shape index (κ3) is 5.53. The molecular weight excluding hydrogens is 376 g/mol. The minimum atomic E-state index is -0.277. The number of anilines is 2. The highest BCUT2D eigenvalue weighted by molar-refractivity contribution is 6.02. The fraction of sp³-hybridized carbons (Fsp3) is 0.417. The Bertz CT molecular complexity index is 861. The first kappa shape index (κ1) is 21.7. The van der Waals surface area contributed by atoms with E-state index >= 15 is 0 Å². The van der Waals surface area contributed by atoms with Crippen molar-refractivity contribution in [3.63, 3.8) is 0 Å². The topological polar surface area (TPSA) is 73.5 Å². The molecule has 3 amide bonds. The van der Waals surface area contributed by atoms with Crippen molar-refractivity contribution >= 4 is 23.3 Å². The van der Waals surface area contributed by atoms with Crippen LogP contribution in [0.15, 0.2) is 48.5 Å². The van der Waals surface area contributed by atoms with Crippen molar-refractivity contribution in [3.8, 4) is 0 Å². The number of nitrogens with one attached hydrogen (secondary N) is 3. The summed E-state index contributed by atoms with van der Waals surface area (Å²) < 4.78 is 0. The van der Waals surface area contributed by atoms with Gasteiger partial charge in [-0.1, -0.05) is 37.3 Å². The van der Waals surface area contributed by atoms with Gasteiger partial charge in [0.2, 0.25) is 0 Å². The second kappa shape index (κ2) is 10.1. The van der Waals surface area contributed by atoms with E-state index in [1.165, 1.54) is 0 Å². The first-order chi connectivity index (χ1) is 14.5. The van der Waals surface area contributed by atoms with Crippen LogP contribution in [0.3, 0.4) is 0 Å². The standard InChI is InChI=1S/C24H32N4O2/c1-4-25-24(30)27-20-10-11-22(28-14-12-17(2)13-15-28)21(16-20)23(29)26-18(3)19-8-6-5-7-9-19/h5-11,16-18H,4,12-15H2,1-3H3,(H,26,29)(H2,25,27,30). The average molecular weight is 409 g/mol. The van der Waals surface area contributed by atoms with Gasteiger partial charge in [0.25, 0.3) is 5.91 Å². The molecule has 0 saturated carbocycles. The maximum absolute atomic E-state index is 13.3. The van der Waals surface area contributed by atoms with Gasteiger partial charge in [-0.05, 0) is 56.4 Å². The Morgan fingerprint density at radius 2 is 1.80 bits per heavy atom. The molecule has 1 fully saturated rings. The summed E-state index contributed by atoms with van der Waals surface area (Å²) >= 11 is 0. The second-order valence-electron chi connectivity index (χ2n) is 7.99. The number of piperidine rings is 1. The molecule has 0 radical (unpaired) electrons. The summed E-state index contributed by atoms with van der Waals surface area (Å²) in [5.74, 6) is 0.565. The molecule has 6 heteroatoms. The molecule has 0 aliphatic carbocycles. The number of nitrogens with zero attached hydrogens (tertiary/aromatic N) is 1. The van der Waals surface area contributed by atoms with Crippen LogP contribution in [-0.4, -0.2) is 31.6 Å². The van der Waals surface area contributed by atoms with Gasteiger partial charge >= 0.3 is 6.03 Å². The first-order valence-corrected chi connectivity index (χ1v) is 10.8. The van der Waals surface area contributed by atoms with Crippen molar-refractivity contribution < 1.29 is 9.59 Å². The Morgan fingerprint density at radius 3 is 2.47 bits per heavy atom. The largest absolute Gasteiger partial charge is 0.371 e. The molecule has 1 heterocycles. The molecule has 3 N–H and O–H groups in total. The molecule has 160 valence electrons. The van der Waals surface area contributed by atoms with Crippen molar-refractivity contribution in [1.29, 1.82) is 0 Å². The molecule has 0 spiro atoms. The van der Waals surface area contributed by atoms with Gasteiger partial charge in [0.1, 0.15) is 0 Å². The fourth-order valence-electron chi connectivity index (χ4n) is 3.76. The van der Waals surface area contributed by atoms with E-state index in [4.69, 9.17) is 0 Å². The highest BCUT2D eigenvalue weighted by Crippen LogP contribution is 2.29. The molecule has 0 bridgehead atoms. The van der Waals surface area contributed by atoms with Crippen LogP contribution >= 0.6 is 0 Å². The number of amides is 3. The lowest BCUT2D eigenvalue weighted by Gasteiger charge is -2.33. The predicted molar refractivity (Wildman–Crippen MR) is 122 cm³/mol. The van der Waals surface area contributed by atoms with Crippen molar-refractivity contribution in [1.82, 2.24) is 10.6 Å². The van der Waals surface area contributed by atoms with Gasteiger partial charge in [0, 0.05) is 31.0 Å². The maximum atomic E-state index is 13.3. The third-order valence-electron chi connectivity index (χ3n) is 5.61. The van der Waals surface area contributed by atoms with Crippen LogP contribution in [0.1, 0.15) is 55.6 Å².